The fourth-order valence-corrected chi connectivity index (χ4v) is 16.4. The van der Waals surface area contributed by atoms with Crippen molar-refractivity contribution in [3.63, 3.8) is 0 Å². The normalized spacial score (nSPS) is 12.7. The first kappa shape index (κ1) is 58.0. The van der Waals surface area contributed by atoms with Crippen LogP contribution >= 0.6 is 11.3 Å². The Kier molecular flexibility index (Phi) is 13.4. The van der Waals surface area contributed by atoms with Gasteiger partial charge in [0.15, 0.2) is 23.3 Å². The Hall–Kier alpha value is -13.2. The molecule has 0 amide bonds. The van der Waals surface area contributed by atoms with Crippen molar-refractivity contribution in [3.05, 3.63) is 320 Å². The van der Waals surface area contributed by atoms with Crippen LogP contribution in [-0.2, 0) is 0 Å². The molecule has 1 unspecified atom stereocenters. The number of fused-ring (bicyclic) bond motifs is 16. The summed E-state index contributed by atoms with van der Waals surface area (Å²) in [6, 6.07) is 105. The maximum absolute atomic E-state index is 7.07. The van der Waals surface area contributed by atoms with E-state index in [1.54, 1.807) is 0 Å². The summed E-state index contributed by atoms with van der Waals surface area (Å²) in [5.41, 5.74) is 23.4. The summed E-state index contributed by atoms with van der Waals surface area (Å²) >= 11 is 1.82. The maximum Gasteiger partial charge on any atom is 0.165 e. The summed E-state index contributed by atoms with van der Waals surface area (Å²) in [4.78, 5) is 26.3. The molecule has 0 aliphatic carbocycles. The molecule has 0 fully saturated rings. The summed E-state index contributed by atoms with van der Waals surface area (Å²) in [5, 5.41) is 15.3. The highest BCUT2D eigenvalue weighted by Crippen LogP contribution is 2.49. The number of nitrogens with two attached hydrogens (primary N) is 1. The summed E-state index contributed by atoms with van der Waals surface area (Å²) in [6.07, 6.45) is 0. The smallest absolute Gasteiger partial charge is 0.165 e. The predicted octanol–water partition coefficient (Wildman–Crippen LogP) is 24.3. The lowest BCUT2D eigenvalue weighted by molar-refractivity contribution is 0.668. The van der Waals surface area contributed by atoms with Crippen molar-refractivity contribution in [1.29, 1.82) is 0 Å². The van der Waals surface area contributed by atoms with Gasteiger partial charge in [0, 0.05) is 85.9 Å². The van der Waals surface area contributed by atoms with E-state index in [0.717, 1.165) is 149 Å². The summed E-state index contributed by atoms with van der Waals surface area (Å²) in [5.74, 6) is 2.63. The third-order valence-corrected chi connectivity index (χ3v) is 21.1. The Labute approximate surface area is 582 Å². The number of thiophene rings is 1. The number of aliphatic imine (C=N–C) groups is 2. The van der Waals surface area contributed by atoms with Crippen LogP contribution in [0.4, 0.5) is 0 Å². The topological polar surface area (TPSA) is 129 Å². The summed E-state index contributed by atoms with van der Waals surface area (Å²) in [7, 11) is 0. The van der Waals surface area contributed by atoms with E-state index in [0.29, 0.717) is 29.1 Å². The number of amidine groups is 2. The number of aromatic nitrogens is 3. The average Bonchev–Trinajstić information content (AvgIpc) is 1.62. The highest BCUT2D eigenvalue weighted by atomic mass is 32.1. The molecule has 0 bridgehead atoms. The van der Waals surface area contributed by atoms with E-state index in [1.165, 1.54) is 36.3 Å². The molecule has 9 nitrogen and oxygen atoms in total. The molecule has 5 aromatic heterocycles. The van der Waals surface area contributed by atoms with Crippen molar-refractivity contribution in [2.45, 2.75) is 13.0 Å². The Morgan fingerprint density at radius 1 is 0.347 bits per heavy atom. The molecule has 15 aromatic carbocycles. The van der Waals surface area contributed by atoms with Crippen LogP contribution in [-0.4, -0.2) is 26.6 Å². The molecular weight excluding hydrogens is 1260 g/mol. The van der Waals surface area contributed by atoms with Crippen molar-refractivity contribution >= 4 is 141 Å². The molecule has 5 heterocycles. The van der Waals surface area contributed by atoms with Gasteiger partial charge in [-0.1, -0.05) is 237 Å². The van der Waals surface area contributed by atoms with E-state index in [1.807, 2.05) is 121 Å². The third-order valence-electron chi connectivity index (χ3n) is 20.0. The second-order valence-electron chi connectivity index (χ2n) is 25.9. The van der Waals surface area contributed by atoms with Gasteiger partial charge in [0.05, 0.1) is 6.04 Å². The Bertz CT molecular complexity index is 6810. The molecule has 10 heteroatoms. The van der Waals surface area contributed by atoms with E-state index in [-0.39, 0.29) is 6.04 Å². The van der Waals surface area contributed by atoms with Gasteiger partial charge in [-0.2, -0.15) is 0 Å². The molecule has 20 rings (SSSR count). The van der Waals surface area contributed by atoms with Crippen LogP contribution in [0.25, 0.3) is 186 Å². The summed E-state index contributed by atoms with van der Waals surface area (Å²) < 4.78 is 22.9. The largest absolute Gasteiger partial charge is 0.456 e. The van der Waals surface area contributed by atoms with Crippen LogP contribution in [0.1, 0.15) is 29.7 Å². The van der Waals surface area contributed by atoms with Crippen LogP contribution < -0.4 is 5.73 Å². The van der Waals surface area contributed by atoms with Gasteiger partial charge in [0.1, 0.15) is 39.3 Å². The first-order chi connectivity index (χ1) is 49.8. The minimum Gasteiger partial charge on any atom is -0.456 e. The zero-order valence-corrected chi connectivity index (χ0v) is 55.2. The molecule has 0 aliphatic rings. The van der Waals surface area contributed by atoms with Crippen molar-refractivity contribution < 1.29 is 13.3 Å². The molecule has 1 atom stereocenters. The number of para-hydroxylation sites is 2. The van der Waals surface area contributed by atoms with Crippen LogP contribution in [0.3, 0.4) is 0 Å². The van der Waals surface area contributed by atoms with E-state index in [2.05, 4.69) is 201 Å². The molecular formula is C91H56N6O3S. The second kappa shape index (κ2) is 23.3. The summed E-state index contributed by atoms with van der Waals surface area (Å²) in [6.45, 7) is 2.13. The van der Waals surface area contributed by atoms with E-state index < -0.39 is 0 Å². The van der Waals surface area contributed by atoms with E-state index in [9.17, 15) is 0 Å². The standard InChI is InChI=1S/C91H56N6O3S/c1-52(93-88(54-20-5-2-6-21-54)94-87(92)61-42-43-65-60(48-61)40-37-53-19-11-12-26-64(53)65)63-28-16-34-75-82(63)83-67(29-17-35-76(83)99-75)66-30-18-36-79-81(66)72-44-41-59(51-80(72)101-79)57-38-39-58-50-78-73(49-62(58)47-57)70-32-15-31-69(86(70)100-78)68-45-46-77-84(71-27-13-14-33-74(71)98-77)85(68)91-96-89(55-22-7-3-8-23-55)95-90(97-91)56-24-9-4-10-25-56/h2-52H,1H3,(H2,92,93,94). The predicted molar refractivity (Wildman–Crippen MR) is 418 cm³/mol. The molecule has 2 N–H and O–H groups in total. The van der Waals surface area contributed by atoms with Crippen LogP contribution in [0.15, 0.2) is 327 Å². The SMILES string of the molecule is CC(N=C(N=C(N)c1ccc2c(ccc3ccccc32)c1)c1ccccc1)c1cccc2oc3cccc(-c4cccc5sc6cc(-c7ccc8cc9oc%10c(-c%11ccc%12oc%13ccccc%13c%12c%11-c%11nc(-c%12ccccc%12)nc(-c%12ccccc%12)n%11)cccc%10c9cc8c7)ccc6c45)c3c12. The fraction of sp³-hybridized carbons (Fsp3) is 0.0220. The number of hydrogen-bond donors (Lipinski definition) is 1. The molecule has 0 saturated heterocycles. The fourth-order valence-electron chi connectivity index (χ4n) is 15.2. The molecule has 0 spiro atoms. The molecule has 474 valence electrons. The van der Waals surface area contributed by atoms with Crippen molar-refractivity contribution in [2.75, 3.05) is 0 Å². The van der Waals surface area contributed by atoms with Crippen LogP contribution in [0.2, 0.25) is 0 Å². The van der Waals surface area contributed by atoms with Crippen molar-refractivity contribution in [1.82, 2.24) is 15.0 Å². The Morgan fingerprint density at radius 2 is 0.950 bits per heavy atom. The van der Waals surface area contributed by atoms with Crippen LogP contribution in [0.5, 0.6) is 0 Å². The third kappa shape index (κ3) is 9.70. The first-order valence-electron chi connectivity index (χ1n) is 33.9. The zero-order chi connectivity index (χ0) is 66.8. The minimum atomic E-state index is -0.337. The number of furan rings is 3. The minimum absolute atomic E-state index is 0.337. The monoisotopic (exact) mass is 1310 g/mol. The van der Waals surface area contributed by atoms with Crippen molar-refractivity contribution in [3.8, 4) is 67.5 Å². The highest BCUT2D eigenvalue weighted by molar-refractivity contribution is 7.26. The Balaban J connectivity index is 0.667. The van der Waals surface area contributed by atoms with Gasteiger partial charge in [-0.05, 0) is 139 Å². The van der Waals surface area contributed by atoms with Gasteiger partial charge in [0.25, 0.3) is 0 Å². The number of hydrogen-bond acceptors (Lipinski definition) is 8. The van der Waals surface area contributed by atoms with E-state index >= 15 is 0 Å². The van der Waals surface area contributed by atoms with E-state index in [4.69, 9.17) is 43.9 Å². The van der Waals surface area contributed by atoms with Gasteiger partial charge < -0.3 is 19.0 Å². The first-order valence-corrected chi connectivity index (χ1v) is 34.7. The van der Waals surface area contributed by atoms with Gasteiger partial charge in [-0.25, -0.2) is 19.9 Å². The number of benzene rings is 15. The molecule has 0 radical (unpaired) electrons. The van der Waals surface area contributed by atoms with Gasteiger partial charge in [0.2, 0.25) is 0 Å². The van der Waals surface area contributed by atoms with Crippen LogP contribution in [0, 0.1) is 0 Å². The molecule has 20 aromatic rings. The number of nitrogens with zero attached hydrogens (tertiary/aromatic N) is 5. The molecule has 0 saturated carbocycles. The van der Waals surface area contributed by atoms with Gasteiger partial charge >= 0.3 is 0 Å². The lowest BCUT2D eigenvalue weighted by Gasteiger charge is -2.13. The zero-order valence-electron chi connectivity index (χ0n) is 54.4. The number of rotatable bonds is 10. The van der Waals surface area contributed by atoms with Gasteiger partial charge in [-0.15, -0.1) is 11.3 Å². The average molecular weight is 1310 g/mol. The second-order valence-corrected chi connectivity index (χ2v) is 27.0. The van der Waals surface area contributed by atoms with Crippen molar-refractivity contribution in [2.24, 2.45) is 15.7 Å². The quantitative estimate of drug-likeness (QED) is 0.0820. The lowest BCUT2D eigenvalue weighted by Crippen LogP contribution is -2.16. The highest BCUT2D eigenvalue weighted by Gasteiger charge is 2.26. The van der Waals surface area contributed by atoms with Gasteiger partial charge in [-0.3, -0.25) is 4.99 Å². The maximum atomic E-state index is 7.07. The molecule has 0 aliphatic heterocycles. The molecule has 101 heavy (non-hydrogen) atoms. The Morgan fingerprint density at radius 3 is 1.77 bits per heavy atom. The lowest BCUT2D eigenvalue weighted by atomic mass is 9.92.